The fourth-order valence-electron chi connectivity index (χ4n) is 2.54. The summed E-state index contributed by atoms with van der Waals surface area (Å²) in [4.78, 5) is 0. The second-order valence-electron chi connectivity index (χ2n) is 5.99. The Bertz CT molecular complexity index is 687. The molecular formula is C20H26BrNO3. The van der Waals surface area contributed by atoms with Gasteiger partial charge in [-0.1, -0.05) is 31.2 Å². The van der Waals surface area contributed by atoms with Crippen molar-refractivity contribution in [3.05, 3.63) is 57.6 Å². The topological polar surface area (TPSA) is 50.7 Å². The molecule has 2 aromatic rings. The maximum atomic E-state index is 9.29. The lowest BCUT2D eigenvalue weighted by molar-refractivity contribution is 0.238. The number of halogens is 1. The molecular weight excluding hydrogens is 382 g/mol. The van der Waals surface area contributed by atoms with Gasteiger partial charge < -0.3 is 19.9 Å². The van der Waals surface area contributed by atoms with E-state index in [1.54, 1.807) is 7.11 Å². The van der Waals surface area contributed by atoms with Gasteiger partial charge in [0, 0.05) is 12.6 Å². The molecule has 5 heteroatoms. The van der Waals surface area contributed by atoms with E-state index in [0.29, 0.717) is 24.7 Å². The van der Waals surface area contributed by atoms with Gasteiger partial charge in [0.1, 0.15) is 6.61 Å². The third kappa shape index (κ3) is 5.46. The number of hydrogen-bond acceptors (Lipinski definition) is 4. The first-order valence-corrected chi connectivity index (χ1v) is 9.26. The molecule has 0 spiro atoms. The lowest BCUT2D eigenvalue weighted by Gasteiger charge is -2.17. The van der Waals surface area contributed by atoms with E-state index in [1.165, 1.54) is 5.56 Å². The molecule has 2 N–H and O–H groups in total. The van der Waals surface area contributed by atoms with E-state index in [9.17, 15) is 5.11 Å². The second kappa shape index (κ2) is 9.80. The van der Waals surface area contributed by atoms with Crippen LogP contribution in [0.3, 0.4) is 0 Å². The van der Waals surface area contributed by atoms with Gasteiger partial charge in [0.2, 0.25) is 0 Å². The van der Waals surface area contributed by atoms with E-state index in [4.69, 9.17) is 9.47 Å². The standard InChI is InChI=1S/C20H26BrNO3/c1-4-17(12-23)22-11-15-9-18(21)20(19(10-15)24-3)25-13-16-8-6-5-7-14(16)2/h5-10,17,22-23H,4,11-13H2,1-3H3/t17-/m0/s1. The highest BCUT2D eigenvalue weighted by Crippen LogP contribution is 2.37. The number of rotatable bonds is 9. The van der Waals surface area contributed by atoms with Crippen molar-refractivity contribution < 1.29 is 14.6 Å². The first-order chi connectivity index (χ1) is 12.1. The molecule has 0 aliphatic rings. The van der Waals surface area contributed by atoms with E-state index in [0.717, 1.165) is 22.0 Å². The summed E-state index contributed by atoms with van der Waals surface area (Å²) >= 11 is 3.59. The Morgan fingerprint density at radius 2 is 2.00 bits per heavy atom. The number of aliphatic hydroxyl groups is 1. The van der Waals surface area contributed by atoms with Crippen LogP contribution in [0.15, 0.2) is 40.9 Å². The molecule has 136 valence electrons. The largest absolute Gasteiger partial charge is 0.493 e. The Kier molecular flexibility index (Phi) is 7.75. The fourth-order valence-corrected chi connectivity index (χ4v) is 3.14. The molecule has 0 unspecified atom stereocenters. The van der Waals surface area contributed by atoms with Crippen LogP contribution in [0.4, 0.5) is 0 Å². The number of aliphatic hydroxyl groups excluding tert-OH is 1. The number of aryl methyl sites for hydroxylation is 1. The summed E-state index contributed by atoms with van der Waals surface area (Å²) in [7, 11) is 1.64. The zero-order valence-electron chi connectivity index (χ0n) is 15.0. The Labute approximate surface area is 158 Å². The zero-order chi connectivity index (χ0) is 18.2. The predicted molar refractivity (Wildman–Crippen MR) is 104 cm³/mol. The SMILES string of the molecule is CC[C@@H](CO)NCc1cc(Br)c(OCc2ccccc2C)c(OC)c1. The van der Waals surface area contributed by atoms with Crippen LogP contribution in [0.5, 0.6) is 11.5 Å². The number of methoxy groups -OCH3 is 1. The molecule has 0 saturated heterocycles. The molecule has 0 aliphatic carbocycles. The first-order valence-electron chi connectivity index (χ1n) is 8.47. The number of nitrogens with one attached hydrogen (secondary N) is 1. The molecule has 0 aromatic heterocycles. The number of hydrogen-bond donors (Lipinski definition) is 2. The van der Waals surface area contributed by atoms with Crippen molar-refractivity contribution in [3.8, 4) is 11.5 Å². The molecule has 0 radical (unpaired) electrons. The van der Waals surface area contributed by atoms with E-state index < -0.39 is 0 Å². The van der Waals surface area contributed by atoms with E-state index >= 15 is 0 Å². The van der Waals surface area contributed by atoms with Crippen LogP contribution >= 0.6 is 15.9 Å². The Morgan fingerprint density at radius 3 is 2.64 bits per heavy atom. The highest BCUT2D eigenvalue weighted by Gasteiger charge is 2.13. The lowest BCUT2D eigenvalue weighted by atomic mass is 10.1. The number of ether oxygens (including phenoxy) is 2. The lowest BCUT2D eigenvalue weighted by Crippen LogP contribution is -2.31. The molecule has 0 aliphatic heterocycles. The van der Waals surface area contributed by atoms with Gasteiger partial charge in [-0.3, -0.25) is 0 Å². The molecule has 0 bridgehead atoms. The van der Waals surface area contributed by atoms with Gasteiger partial charge in [0.15, 0.2) is 11.5 Å². The maximum Gasteiger partial charge on any atom is 0.175 e. The van der Waals surface area contributed by atoms with Crippen LogP contribution in [0.2, 0.25) is 0 Å². The molecule has 2 rings (SSSR count). The van der Waals surface area contributed by atoms with Crippen LogP contribution in [0, 0.1) is 6.92 Å². The predicted octanol–water partition coefficient (Wildman–Crippen LogP) is 4.21. The van der Waals surface area contributed by atoms with Crippen molar-refractivity contribution in [2.45, 2.75) is 39.5 Å². The van der Waals surface area contributed by atoms with Crippen molar-refractivity contribution in [2.24, 2.45) is 0 Å². The van der Waals surface area contributed by atoms with Gasteiger partial charge in [-0.15, -0.1) is 0 Å². The van der Waals surface area contributed by atoms with Crippen molar-refractivity contribution in [3.63, 3.8) is 0 Å². The minimum absolute atomic E-state index is 0.0988. The van der Waals surface area contributed by atoms with E-state index in [2.05, 4.69) is 40.3 Å². The summed E-state index contributed by atoms with van der Waals surface area (Å²) in [6.07, 6.45) is 0.881. The Morgan fingerprint density at radius 1 is 1.24 bits per heavy atom. The van der Waals surface area contributed by atoms with Crippen LogP contribution in [-0.4, -0.2) is 24.9 Å². The molecule has 0 saturated carbocycles. The molecule has 2 aromatic carbocycles. The molecule has 0 amide bonds. The Balaban J connectivity index is 2.12. The molecule has 0 fully saturated rings. The van der Waals surface area contributed by atoms with Gasteiger partial charge in [-0.2, -0.15) is 0 Å². The highest BCUT2D eigenvalue weighted by atomic mass is 79.9. The maximum absolute atomic E-state index is 9.29. The van der Waals surface area contributed by atoms with Gasteiger partial charge in [-0.25, -0.2) is 0 Å². The van der Waals surface area contributed by atoms with Crippen molar-refractivity contribution in [1.82, 2.24) is 5.32 Å². The summed E-state index contributed by atoms with van der Waals surface area (Å²) < 4.78 is 12.4. The monoisotopic (exact) mass is 407 g/mol. The number of benzene rings is 2. The summed E-state index contributed by atoms with van der Waals surface area (Å²) in [6, 6.07) is 12.3. The molecule has 0 heterocycles. The van der Waals surface area contributed by atoms with Crippen molar-refractivity contribution >= 4 is 15.9 Å². The van der Waals surface area contributed by atoms with Crippen LogP contribution in [0.1, 0.15) is 30.0 Å². The third-order valence-corrected chi connectivity index (χ3v) is 4.82. The second-order valence-corrected chi connectivity index (χ2v) is 6.85. The van der Waals surface area contributed by atoms with Crippen LogP contribution in [-0.2, 0) is 13.2 Å². The normalized spacial score (nSPS) is 12.0. The van der Waals surface area contributed by atoms with Crippen molar-refractivity contribution in [2.75, 3.05) is 13.7 Å². The minimum Gasteiger partial charge on any atom is -0.493 e. The van der Waals surface area contributed by atoms with Crippen LogP contribution in [0.25, 0.3) is 0 Å². The molecule has 4 nitrogen and oxygen atoms in total. The summed E-state index contributed by atoms with van der Waals surface area (Å²) in [5.41, 5.74) is 3.42. The summed E-state index contributed by atoms with van der Waals surface area (Å²) in [5, 5.41) is 12.6. The Hall–Kier alpha value is -1.56. The summed E-state index contributed by atoms with van der Waals surface area (Å²) in [5.74, 6) is 1.39. The van der Waals surface area contributed by atoms with Gasteiger partial charge >= 0.3 is 0 Å². The van der Waals surface area contributed by atoms with Gasteiger partial charge in [0.05, 0.1) is 18.2 Å². The zero-order valence-corrected chi connectivity index (χ0v) is 16.6. The molecule has 1 atom stereocenters. The average molecular weight is 408 g/mol. The molecule has 25 heavy (non-hydrogen) atoms. The van der Waals surface area contributed by atoms with Crippen molar-refractivity contribution in [1.29, 1.82) is 0 Å². The van der Waals surface area contributed by atoms with E-state index in [-0.39, 0.29) is 12.6 Å². The fraction of sp³-hybridized carbons (Fsp3) is 0.400. The average Bonchev–Trinajstić information content (AvgIpc) is 2.62. The van der Waals surface area contributed by atoms with Crippen LogP contribution < -0.4 is 14.8 Å². The third-order valence-electron chi connectivity index (χ3n) is 4.23. The van der Waals surface area contributed by atoms with E-state index in [1.807, 2.05) is 31.2 Å². The minimum atomic E-state index is 0.0988. The first kappa shape index (κ1) is 19.8. The quantitative estimate of drug-likeness (QED) is 0.653. The summed E-state index contributed by atoms with van der Waals surface area (Å²) in [6.45, 7) is 5.40. The van der Waals surface area contributed by atoms with Gasteiger partial charge in [0.25, 0.3) is 0 Å². The highest BCUT2D eigenvalue weighted by molar-refractivity contribution is 9.10. The van der Waals surface area contributed by atoms with Gasteiger partial charge in [-0.05, 0) is 58.1 Å². The smallest absolute Gasteiger partial charge is 0.175 e.